The monoisotopic (exact) mass is 998 g/mol. The second-order valence-corrected chi connectivity index (χ2v) is 20.2. The summed E-state index contributed by atoms with van der Waals surface area (Å²) in [6.45, 7) is 4.53. The SMILES string of the molecule is Cc1c(-c2ccccc2)c2cc(-c3ccc4c(c3)c(-c3ccccc3)c(C)n4-c3ccc(N(c4ccccc4)c4ccc5ccccc5c4)cc3)ccc2n1-c1ccc(N(c2ccccc2)c2ccc3ccccc3c2)cc1. The van der Waals surface area contributed by atoms with Gasteiger partial charge in [0.1, 0.15) is 0 Å². The smallest absolute Gasteiger partial charge is 0.0538 e. The first-order valence-corrected chi connectivity index (χ1v) is 26.8. The van der Waals surface area contributed by atoms with Gasteiger partial charge in [-0.25, -0.2) is 0 Å². The molecule has 0 radical (unpaired) electrons. The van der Waals surface area contributed by atoms with Gasteiger partial charge in [-0.15, -0.1) is 0 Å². The number of benzene rings is 12. The van der Waals surface area contributed by atoms with Gasteiger partial charge in [0, 0.05) is 78.8 Å². The number of hydrogen-bond donors (Lipinski definition) is 0. The number of para-hydroxylation sites is 2. The molecule has 0 fully saturated rings. The van der Waals surface area contributed by atoms with E-state index in [4.69, 9.17) is 0 Å². The number of anilines is 6. The Labute approximate surface area is 455 Å². The number of nitrogens with zero attached hydrogens (tertiary/aromatic N) is 4. The lowest BCUT2D eigenvalue weighted by Gasteiger charge is -2.26. The van der Waals surface area contributed by atoms with Crippen LogP contribution in [0.15, 0.2) is 291 Å². The Morgan fingerprint density at radius 1 is 0.244 bits per heavy atom. The minimum absolute atomic E-state index is 1.10. The fraction of sp³-hybridized carbons (Fsp3) is 0.0270. The van der Waals surface area contributed by atoms with Crippen molar-refractivity contribution in [3.63, 3.8) is 0 Å². The van der Waals surface area contributed by atoms with Gasteiger partial charge in [0.2, 0.25) is 0 Å². The van der Waals surface area contributed by atoms with Crippen LogP contribution in [0.25, 0.3) is 88.1 Å². The fourth-order valence-corrected chi connectivity index (χ4v) is 12.0. The van der Waals surface area contributed by atoms with E-state index >= 15 is 0 Å². The Morgan fingerprint density at radius 2 is 0.564 bits per heavy atom. The van der Waals surface area contributed by atoms with Crippen LogP contribution in [0.1, 0.15) is 11.4 Å². The first kappa shape index (κ1) is 46.4. The maximum Gasteiger partial charge on any atom is 0.0538 e. The average molecular weight is 999 g/mol. The molecule has 0 aliphatic heterocycles. The molecule has 0 bridgehead atoms. The van der Waals surface area contributed by atoms with Gasteiger partial charge < -0.3 is 18.9 Å². The molecule has 0 spiro atoms. The van der Waals surface area contributed by atoms with Crippen LogP contribution in [0, 0.1) is 13.8 Å². The van der Waals surface area contributed by atoms with Crippen LogP contribution in [-0.4, -0.2) is 9.13 Å². The van der Waals surface area contributed by atoms with E-state index in [9.17, 15) is 0 Å². The van der Waals surface area contributed by atoms with E-state index in [-0.39, 0.29) is 0 Å². The zero-order valence-electron chi connectivity index (χ0n) is 43.5. The highest BCUT2D eigenvalue weighted by Gasteiger charge is 2.22. The molecular weight excluding hydrogens is 945 g/mol. The van der Waals surface area contributed by atoms with E-state index < -0.39 is 0 Å². The number of rotatable bonds is 11. The summed E-state index contributed by atoms with van der Waals surface area (Å²) in [5, 5.41) is 7.31. The van der Waals surface area contributed by atoms with Crippen molar-refractivity contribution in [2.24, 2.45) is 0 Å². The van der Waals surface area contributed by atoms with E-state index in [1.807, 2.05) is 0 Å². The molecule has 14 aromatic rings. The van der Waals surface area contributed by atoms with Crippen molar-refractivity contribution in [3.8, 4) is 44.8 Å². The zero-order chi connectivity index (χ0) is 52.1. The van der Waals surface area contributed by atoms with Gasteiger partial charge in [-0.1, -0.05) is 170 Å². The third-order valence-corrected chi connectivity index (χ3v) is 15.6. The highest BCUT2D eigenvalue weighted by molar-refractivity contribution is 6.04. The highest BCUT2D eigenvalue weighted by atomic mass is 15.1. The largest absolute Gasteiger partial charge is 0.313 e. The van der Waals surface area contributed by atoms with Gasteiger partial charge in [-0.2, -0.15) is 0 Å². The molecule has 0 aliphatic carbocycles. The summed E-state index contributed by atoms with van der Waals surface area (Å²) in [7, 11) is 0. The van der Waals surface area contributed by atoms with E-state index in [0.717, 1.165) is 45.5 Å². The molecule has 0 saturated heterocycles. The summed E-state index contributed by atoms with van der Waals surface area (Å²) in [6.07, 6.45) is 0. The number of hydrogen-bond acceptors (Lipinski definition) is 2. The molecule has 78 heavy (non-hydrogen) atoms. The van der Waals surface area contributed by atoms with Crippen molar-refractivity contribution in [1.29, 1.82) is 0 Å². The molecule has 0 aliphatic rings. The van der Waals surface area contributed by atoms with Crippen molar-refractivity contribution in [2.45, 2.75) is 13.8 Å². The molecule has 12 aromatic carbocycles. The van der Waals surface area contributed by atoms with Gasteiger partial charge in [0.05, 0.1) is 11.0 Å². The lowest BCUT2D eigenvalue weighted by molar-refractivity contribution is 1.05. The van der Waals surface area contributed by atoms with Crippen LogP contribution < -0.4 is 9.80 Å². The quantitative estimate of drug-likeness (QED) is 0.128. The molecular formula is C74H54N4. The van der Waals surface area contributed by atoms with Gasteiger partial charge >= 0.3 is 0 Å². The van der Waals surface area contributed by atoms with Gasteiger partial charge in [0.15, 0.2) is 0 Å². The van der Waals surface area contributed by atoms with Crippen molar-refractivity contribution >= 4 is 77.5 Å². The molecule has 2 heterocycles. The first-order chi connectivity index (χ1) is 38.5. The van der Waals surface area contributed by atoms with Crippen LogP contribution in [0.2, 0.25) is 0 Å². The summed E-state index contributed by atoms with van der Waals surface area (Å²) >= 11 is 0. The van der Waals surface area contributed by atoms with Gasteiger partial charge in [-0.05, 0) is 179 Å². The zero-order valence-corrected chi connectivity index (χ0v) is 43.5. The third-order valence-electron chi connectivity index (χ3n) is 15.6. The van der Waals surface area contributed by atoms with Crippen LogP contribution >= 0.6 is 0 Å². The maximum absolute atomic E-state index is 2.43. The van der Waals surface area contributed by atoms with Crippen molar-refractivity contribution in [2.75, 3.05) is 9.80 Å². The molecule has 14 rings (SSSR count). The Balaban J connectivity index is 0.863. The maximum atomic E-state index is 2.43. The lowest BCUT2D eigenvalue weighted by Crippen LogP contribution is -2.10. The molecule has 4 heteroatoms. The van der Waals surface area contributed by atoms with Crippen molar-refractivity contribution in [1.82, 2.24) is 9.13 Å². The molecule has 0 atom stereocenters. The summed E-state index contributed by atoms with van der Waals surface area (Å²) in [4.78, 5) is 4.69. The molecule has 0 N–H and O–H groups in total. The van der Waals surface area contributed by atoms with E-state index in [1.165, 1.54) is 88.1 Å². The average Bonchev–Trinajstić information content (AvgIpc) is 4.05. The second-order valence-electron chi connectivity index (χ2n) is 20.2. The number of aromatic nitrogens is 2. The Hall–Kier alpha value is -10.2. The minimum atomic E-state index is 1.10. The molecule has 0 unspecified atom stereocenters. The molecule has 370 valence electrons. The highest BCUT2D eigenvalue weighted by Crippen LogP contribution is 2.44. The fourth-order valence-electron chi connectivity index (χ4n) is 12.0. The topological polar surface area (TPSA) is 16.3 Å². The normalized spacial score (nSPS) is 11.5. The predicted molar refractivity (Wildman–Crippen MR) is 330 cm³/mol. The molecule has 2 aromatic heterocycles. The van der Waals surface area contributed by atoms with Gasteiger partial charge in [0.25, 0.3) is 0 Å². The van der Waals surface area contributed by atoms with Crippen LogP contribution in [0.4, 0.5) is 34.1 Å². The Morgan fingerprint density at radius 3 is 0.949 bits per heavy atom. The lowest BCUT2D eigenvalue weighted by atomic mass is 9.96. The standard InChI is InChI=1S/C74H54N4/c1-51-73(55-21-7-3-8-22-55)69-49-59(33-45-71(69)75(51)63-37-41-65(42-38-63)77(61-27-11-5-12-28-61)67-35-31-53-19-15-17-25-57(53)47-67)60-34-46-72-70(50-60)74(56-23-9-4-10-24-56)52(2)76(72)64-39-43-66(44-40-64)78(62-29-13-6-14-30-62)68-36-32-54-20-16-18-26-58(54)48-68/h3-50H,1-2H3. The summed E-state index contributed by atoms with van der Waals surface area (Å²) in [6, 6.07) is 106. The van der Waals surface area contributed by atoms with E-state index in [0.29, 0.717) is 0 Å². The molecule has 4 nitrogen and oxygen atoms in total. The first-order valence-electron chi connectivity index (χ1n) is 26.8. The molecule has 0 amide bonds. The number of fused-ring (bicyclic) bond motifs is 4. The van der Waals surface area contributed by atoms with Crippen LogP contribution in [-0.2, 0) is 0 Å². The van der Waals surface area contributed by atoms with Crippen molar-refractivity contribution in [3.05, 3.63) is 303 Å². The second kappa shape index (κ2) is 19.5. The Kier molecular flexibility index (Phi) is 11.6. The minimum Gasteiger partial charge on any atom is -0.313 e. The summed E-state index contributed by atoms with van der Waals surface area (Å²) < 4.78 is 4.86. The Bertz CT molecular complexity index is 4190. The predicted octanol–water partition coefficient (Wildman–Crippen LogP) is 20.4. The van der Waals surface area contributed by atoms with Crippen molar-refractivity contribution < 1.29 is 0 Å². The summed E-state index contributed by atoms with van der Waals surface area (Å²) in [5.74, 6) is 0. The summed E-state index contributed by atoms with van der Waals surface area (Å²) in [5.41, 5.74) is 20.8. The van der Waals surface area contributed by atoms with Crippen LogP contribution in [0.3, 0.4) is 0 Å². The van der Waals surface area contributed by atoms with E-state index in [1.54, 1.807) is 0 Å². The van der Waals surface area contributed by atoms with Gasteiger partial charge in [-0.3, -0.25) is 0 Å². The third kappa shape index (κ3) is 8.19. The van der Waals surface area contributed by atoms with E-state index in [2.05, 4.69) is 324 Å². The molecule has 0 saturated carbocycles. The van der Waals surface area contributed by atoms with Crippen LogP contribution in [0.5, 0.6) is 0 Å².